The number of ether oxygens (including phenoxy) is 1. The van der Waals surface area contributed by atoms with Crippen molar-refractivity contribution in [1.82, 2.24) is 10.2 Å². The number of amides is 1. The van der Waals surface area contributed by atoms with Crippen LogP contribution in [0.15, 0.2) is 24.3 Å². The van der Waals surface area contributed by atoms with Crippen LogP contribution in [0.25, 0.3) is 0 Å². The summed E-state index contributed by atoms with van der Waals surface area (Å²) in [6.45, 7) is 9.26. The number of fused-ring (bicyclic) bond motifs is 1. The van der Waals surface area contributed by atoms with Crippen LogP contribution in [0.1, 0.15) is 47.2 Å². The fraction of sp³-hybridized carbons (Fsp3) is 0.458. The number of hydrogen-bond acceptors (Lipinski definition) is 6. The van der Waals surface area contributed by atoms with E-state index in [0.29, 0.717) is 44.0 Å². The lowest BCUT2D eigenvalue weighted by atomic mass is 9.86. The first kappa shape index (κ1) is 22.1. The van der Waals surface area contributed by atoms with Gasteiger partial charge in [0.25, 0.3) is 11.6 Å². The number of carbonyl (C=O) groups is 1. The Kier molecular flexibility index (Phi) is 5.58. The summed E-state index contributed by atoms with van der Waals surface area (Å²) < 4.78 is 6.40. The van der Waals surface area contributed by atoms with E-state index in [9.17, 15) is 20.0 Å². The van der Waals surface area contributed by atoms with E-state index in [1.165, 1.54) is 12.1 Å². The minimum absolute atomic E-state index is 0.0269. The molecule has 0 aromatic heterocycles. The van der Waals surface area contributed by atoms with Crippen LogP contribution in [0.3, 0.4) is 0 Å². The van der Waals surface area contributed by atoms with Crippen molar-refractivity contribution in [2.45, 2.75) is 52.2 Å². The summed E-state index contributed by atoms with van der Waals surface area (Å²) in [6.07, 6.45) is 1.16. The number of piperazine rings is 1. The summed E-state index contributed by atoms with van der Waals surface area (Å²) >= 11 is 0. The maximum absolute atomic E-state index is 13.8. The van der Waals surface area contributed by atoms with E-state index in [1.807, 2.05) is 32.6 Å². The lowest BCUT2D eigenvalue weighted by molar-refractivity contribution is -0.384. The molecule has 8 nitrogen and oxygen atoms in total. The standard InChI is InChI=1S/C24H29N3O5/c1-14-15(2)22-19(16(3)21(14)28)9-10-24(4,32-22)23(29)26-12-11-25-13-20(26)17-5-7-18(8-6-17)27(30)31/h5-8,20,25,28H,9-13H2,1-4H3. The van der Waals surface area contributed by atoms with Gasteiger partial charge in [0.15, 0.2) is 5.60 Å². The molecule has 2 N–H and O–H groups in total. The molecule has 0 aliphatic carbocycles. The molecule has 0 radical (unpaired) electrons. The summed E-state index contributed by atoms with van der Waals surface area (Å²) in [5.41, 5.74) is 3.25. The van der Waals surface area contributed by atoms with E-state index in [-0.39, 0.29) is 17.6 Å². The second kappa shape index (κ2) is 8.09. The number of benzene rings is 2. The smallest absolute Gasteiger partial charge is 0.269 e. The SMILES string of the molecule is Cc1c(C)c2c(c(C)c1O)CCC(C)(C(=O)N1CCNCC1c1ccc([N+](=O)[O-])cc1)O2. The maximum atomic E-state index is 13.8. The van der Waals surface area contributed by atoms with Gasteiger partial charge >= 0.3 is 0 Å². The predicted molar refractivity (Wildman–Crippen MR) is 120 cm³/mol. The lowest BCUT2D eigenvalue weighted by Crippen LogP contribution is -2.58. The molecule has 4 rings (SSSR count). The largest absolute Gasteiger partial charge is 0.507 e. The van der Waals surface area contributed by atoms with Gasteiger partial charge in [-0.1, -0.05) is 12.1 Å². The summed E-state index contributed by atoms with van der Waals surface area (Å²) in [5.74, 6) is 0.901. The zero-order chi connectivity index (χ0) is 23.2. The Morgan fingerprint density at radius 2 is 1.91 bits per heavy atom. The van der Waals surface area contributed by atoms with Gasteiger partial charge in [0.05, 0.1) is 11.0 Å². The van der Waals surface area contributed by atoms with Gasteiger partial charge in [-0.25, -0.2) is 0 Å². The second-order valence-electron chi connectivity index (χ2n) is 8.93. The number of non-ortho nitro benzene ring substituents is 1. The molecule has 32 heavy (non-hydrogen) atoms. The van der Waals surface area contributed by atoms with E-state index < -0.39 is 10.5 Å². The van der Waals surface area contributed by atoms with E-state index in [2.05, 4.69) is 5.32 Å². The number of nitrogens with one attached hydrogen (secondary N) is 1. The van der Waals surface area contributed by atoms with E-state index in [4.69, 9.17) is 4.74 Å². The average molecular weight is 440 g/mol. The van der Waals surface area contributed by atoms with Gasteiger partial charge in [-0.05, 0) is 56.4 Å². The van der Waals surface area contributed by atoms with Crippen molar-refractivity contribution in [3.63, 3.8) is 0 Å². The molecule has 170 valence electrons. The highest BCUT2D eigenvalue weighted by Gasteiger charge is 2.45. The van der Waals surface area contributed by atoms with Crippen LogP contribution in [0.5, 0.6) is 11.5 Å². The monoisotopic (exact) mass is 439 g/mol. The number of nitro groups is 1. The summed E-state index contributed by atoms with van der Waals surface area (Å²) in [4.78, 5) is 26.2. The number of hydrogen-bond donors (Lipinski definition) is 2. The van der Waals surface area contributed by atoms with Crippen LogP contribution >= 0.6 is 0 Å². The summed E-state index contributed by atoms with van der Waals surface area (Å²) in [5, 5.41) is 24.7. The van der Waals surface area contributed by atoms with Crippen molar-refractivity contribution in [3.8, 4) is 11.5 Å². The zero-order valence-corrected chi connectivity index (χ0v) is 18.9. The van der Waals surface area contributed by atoms with Gasteiger partial charge in [-0.2, -0.15) is 0 Å². The van der Waals surface area contributed by atoms with Crippen molar-refractivity contribution in [2.75, 3.05) is 19.6 Å². The second-order valence-corrected chi connectivity index (χ2v) is 8.93. The Morgan fingerprint density at radius 3 is 2.56 bits per heavy atom. The third-order valence-corrected chi connectivity index (χ3v) is 6.96. The lowest BCUT2D eigenvalue weighted by Gasteiger charge is -2.44. The zero-order valence-electron chi connectivity index (χ0n) is 18.9. The predicted octanol–water partition coefficient (Wildman–Crippen LogP) is 3.48. The molecule has 2 unspecified atom stereocenters. The Bertz CT molecular complexity index is 1080. The van der Waals surface area contributed by atoms with Crippen LogP contribution in [0.2, 0.25) is 0 Å². The molecule has 0 bridgehead atoms. The molecule has 8 heteroatoms. The quantitative estimate of drug-likeness (QED) is 0.560. The molecule has 2 aromatic carbocycles. The fourth-order valence-corrected chi connectivity index (χ4v) is 4.77. The molecule has 2 atom stereocenters. The Hall–Kier alpha value is -3.13. The number of rotatable bonds is 3. The first-order valence-electron chi connectivity index (χ1n) is 10.9. The molecule has 2 aliphatic rings. The Morgan fingerprint density at radius 1 is 1.22 bits per heavy atom. The minimum atomic E-state index is -1.02. The highest BCUT2D eigenvalue weighted by molar-refractivity contribution is 5.86. The van der Waals surface area contributed by atoms with Crippen LogP contribution in [-0.2, 0) is 11.2 Å². The highest BCUT2D eigenvalue weighted by atomic mass is 16.6. The van der Waals surface area contributed by atoms with Gasteiger partial charge in [-0.3, -0.25) is 14.9 Å². The van der Waals surface area contributed by atoms with Crippen molar-refractivity contribution in [1.29, 1.82) is 0 Å². The van der Waals surface area contributed by atoms with Crippen LogP contribution in [0, 0.1) is 30.9 Å². The third kappa shape index (κ3) is 3.58. The molecule has 2 heterocycles. The molecule has 0 spiro atoms. The van der Waals surface area contributed by atoms with Crippen molar-refractivity contribution in [2.24, 2.45) is 0 Å². The number of phenolic OH excluding ortho intramolecular Hbond substituents is 1. The van der Waals surface area contributed by atoms with Gasteiger partial charge in [0, 0.05) is 43.8 Å². The van der Waals surface area contributed by atoms with E-state index in [1.54, 1.807) is 12.1 Å². The van der Waals surface area contributed by atoms with Crippen LogP contribution in [-0.4, -0.2) is 46.1 Å². The fourth-order valence-electron chi connectivity index (χ4n) is 4.77. The molecule has 0 saturated carbocycles. The summed E-state index contributed by atoms with van der Waals surface area (Å²) in [6, 6.07) is 6.15. The van der Waals surface area contributed by atoms with Crippen molar-refractivity contribution >= 4 is 11.6 Å². The molecule has 1 fully saturated rings. The first-order chi connectivity index (χ1) is 15.1. The Labute approximate surface area is 187 Å². The van der Waals surface area contributed by atoms with Gasteiger partial charge in [0.2, 0.25) is 0 Å². The van der Waals surface area contributed by atoms with Crippen LogP contribution in [0.4, 0.5) is 5.69 Å². The highest BCUT2D eigenvalue weighted by Crippen LogP contribution is 2.44. The van der Waals surface area contributed by atoms with Gasteiger partial charge in [-0.15, -0.1) is 0 Å². The molecule has 2 aromatic rings. The average Bonchev–Trinajstić information content (AvgIpc) is 2.81. The van der Waals surface area contributed by atoms with Crippen LogP contribution < -0.4 is 10.1 Å². The van der Waals surface area contributed by atoms with E-state index >= 15 is 0 Å². The van der Waals surface area contributed by atoms with E-state index in [0.717, 1.165) is 27.8 Å². The van der Waals surface area contributed by atoms with Crippen molar-refractivity contribution < 1.29 is 19.6 Å². The normalized spacial score (nSPS) is 22.8. The minimum Gasteiger partial charge on any atom is -0.507 e. The molecule has 1 amide bonds. The number of nitro benzene ring substituents is 1. The summed E-state index contributed by atoms with van der Waals surface area (Å²) in [7, 11) is 0. The number of carbonyl (C=O) groups excluding carboxylic acids is 1. The Balaban J connectivity index is 1.64. The van der Waals surface area contributed by atoms with Gasteiger partial charge in [0.1, 0.15) is 11.5 Å². The third-order valence-electron chi connectivity index (χ3n) is 6.96. The topological polar surface area (TPSA) is 105 Å². The molecule has 2 aliphatic heterocycles. The number of aromatic hydroxyl groups is 1. The number of nitrogens with zero attached hydrogens (tertiary/aromatic N) is 2. The van der Waals surface area contributed by atoms with Gasteiger partial charge < -0.3 is 20.1 Å². The maximum Gasteiger partial charge on any atom is 0.269 e. The van der Waals surface area contributed by atoms with Crippen molar-refractivity contribution in [3.05, 3.63) is 62.2 Å². The molecular formula is C24H29N3O5. The molecular weight excluding hydrogens is 410 g/mol. The molecule has 1 saturated heterocycles. The first-order valence-corrected chi connectivity index (χ1v) is 10.9. The number of phenols is 1.